The average molecular weight is 333 g/mol. The number of hydrogen-bond donors (Lipinski definition) is 2. The van der Waals surface area contributed by atoms with Gasteiger partial charge in [-0.3, -0.25) is 4.90 Å². The molecule has 2 amide bonds. The molecule has 7 nitrogen and oxygen atoms in total. The molecule has 23 heavy (non-hydrogen) atoms. The zero-order valence-electron chi connectivity index (χ0n) is 12.2. The highest BCUT2D eigenvalue weighted by atomic mass is 32.1. The minimum absolute atomic E-state index is 0.0966. The maximum atomic E-state index is 12.4. The second-order valence-corrected chi connectivity index (χ2v) is 6.96. The average Bonchev–Trinajstić information content (AvgIpc) is 3.27. The van der Waals surface area contributed by atoms with Gasteiger partial charge in [0, 0.05) is 12.0 Å². The van der Waals surface area contributed by atoms with Gasteiger partial charge >= 0.3 is 6.03 Å². The molecule has 1 aromatic heterocycles. The molecule has 5 rings (SSSR count). The number of aliphatic hydroxyl groups is 1. The summed E-state index contributed by atoms with van der Waals surface area (Å²) in [6.45, 7) is 0.990. The Bertz CT molecular complexity index is 807. The van der Waals surface area contributed by atoms with Crippen molar-refractivity contribution in [1.82, 2.24) is 10.3 Å². The van der Waals surface area contributed by atoms with Gasteiger partial charge in [0.15, 0.2) is 5.13 Å². The first-order chi connectivity index (χ1) is 11.3. The number of aliphatic hydroxyl groups excluding tert-OH is 1. The van der Waals surface area contributed by atoms with Crippen molar-refractivity contribution < 1.29 is 19.4 Å². The molecule has 4 heterocycles. The number of nitrogens with one attached hydrogen (secondary N) is 1. The van der Waals surface area contributed by atoms with E-state index in [1.165, 1.54) is 11.3 Å². The van der Waals surface area contributed by atoms with E-state index in [1.54, 1.807) is 4.90 Å². The number of carbonyl (C=O) groups excluding carboxylic acids is 1. The van der Waals surface area contributed by atoms with Crippen LogP contribution >= 0.6 is 11.3 Å². The van der Waals surface area contributed by atoms with Crippen molar-refractivity contribution in [2.45, 2.75) is 24.6 Å². The van der Waals surface area contributed by atoms with Gasteiger partial charge in [-0.1, -0.05) is 11.3 Å². The molecule has 0 spiro atoms. The van der Waals surface area contributed by atoms with Crippen LogP contribution in [0.5, 0.6) is 5.75 Å². The highest BCUT2D eigenvalue weighted by Gasteiger charge is 2.50. The molecule has 3 aliphatic heterocycles. The lowest BCUT2D eigenvalue weighted by Gasteiger charge is -2.23. The van der Waals surface area contributed by atoms with E-state index in [9.17, 15) is 9.90 Å². The van der Waals surface area contributed by atoms with Crippen LogP contribution in [0.3, 0.4) is 0 Å². The van der Waals surface area contributed by atoms with Crippen molar-refractivity contribution in [2.24, 2.45) is 0 Å². The number of amides is 2. The first-order valence-electron chi connectivity index (χ1n) is 7.63. The van der Waals surface area contributed by atoms with Crippen LogP contribution < -0.4 is 15.0 Å². The fraction of sp³-hybridized carbons (Fsp3) is 0.467. The van der Waals surface area contributed by atoms with Crippen LogP contribution in [0, 0.1) is 0 Å². The van der Waals surface area contributed by atoms with Gasteiger partial charge in [-0.15, -0.1) is 0 Å². The van der Waals surface area contributed by atoms with E-state index < -0.39 is 0 Å². The lowest BCUT2D eigenvalue weighted by molar-refractivity contribution is 0.0508. The van der Waals surface area contributed by atoms with Crippen LogP contribution in [0.1, 0.15) is 5.56 Å². The predicted octanol–water partition coefficient (Wildman–Crippen LogP) is 0.889. The molecule has 0 aliphatic carbocycles. The molecule has 2 saturated heterocycles. The summed E-state index contributed by atoms with van der Waals surface area (Å²) in [6.07, 6.45) is 0.469. The monoisotopic (exact) mass is 333 g/mol. The van der Waals surface area contributed by atoms with E-state index in [0.717, 1.165) is 28.0 Å². The molecule has 2 fully saturated rings. The van der Waals surface area contributed by atoms with Crippen molar-refractivity contribution >= 4 is 32.7 Å². The molecule has 8 heteroatoms. The minimum atomic E-state index is -0.375. The molecule has 0 radical (unpaired) electrons. The molecule has 0 unspecified atom stereocenters. The van der Waals surface area contributed by atoms with E-state index >= 15 is 0 Å². The fourth-order valence-electron chi connectivity index (χ4n) is 3.66. The summed E-state index contributed by atoms with van der Waals surface area (Å²) in [5, 5.41) is 13.1. The van der Waals surface area contributed by atoms with Gasteiger partial charge in [-0.05, 0) is 12.1 Å². The number of rotatable bonds is 2. The minimum Gasteiger partial charge on any atom is -0.493 e. The number of ether oxygens (including phenoxy) is 2. The van der Waals surface area contributed by atoms with Crippen LogP contribution in [0.15, 0.2) is 12.1 Å². The Morgan fingerprint density at radius 2 is 2.39 bits per heavy atom. The van der Waals surface area contributed by atoms with Gasteiger partial charge in [0.25, 0.3) is 0 Å². The Hall–Kier alpha value is -1.90. The second kappa shape index (κ2) is 4.80. The first kappa shape index (κ1) is 13.5. The zero-order chi connectivity index (χ0) is 15.6. The van der Waals surface area contributed by atoms with E-state index in [4.69, 9.17) is 14.5 Å². The maximum absolute atomic E-state index is 12.4. The summed E-state index contributed by atoms with van der Waals surface area (Å²) in [5.41, 5.74) is 2.03. The third-order valence-corrected chi connectivity index (χ3v) is 5.74. The summed E-state index contributed by atoms with van der Waals surface area (Å²) in [4.78, 5) is 18.7. The summed E-state index contributed by atoms with van der Waals surface area (Å²) in [5.74, 6) is 0.885. The topological polar surface area (TPSA) is 83.9 Å². The Morgan fingerprint density at radius 3 is 3.26 bits per heavy atom. The number of thiazole rings is 1. The van der Waals surface area contributed by atoms with E-state index in [2.05, 4.69) is 5.32 Å². The largest absolute Gasteiger partial charge is 0.493 e. The zero-order valence-corrected chi connectivity index (χ0v) is 13.0. The Morgan fingerprint density at radius 1 is 1.48 bits per heavy atom. The van der Waals surface area contributed by atoms with Crippen LogP contribution in [0.25, 0.3) is 10.2 Å². The SMILES string of the molecule is O=C1N[C@H]2CO[C@H](CO)[C@H]2N1c1nc2c3c(ccc2s1)OCC3. The summed E-state index contributed by atoms with van der Waals surface area (Å²) in [6, 6.07) is 3.47. The van der Waals surface area contributed by atoms with Crippen LogP contribution in [-0.2, 0) is 11.2 Å². The fourth-order valence-corrected chi connectivity index (χ4v) is 4.69. The number of nitrogens with zero attached hydrogens (tertiary/aromatic N) is 2. The quantitative estimate of drug-likeness (QED) is 0.853. The van der Waals surface area contributed by atoms with Crippen molar-refractivity contribution in [1.29, 1.82) is 0 Å². The van der Waals surface area contributed by atoms with Crippen molar-refractivity contribution in [3.63, 3.8) is 0 Å². The molecule has 0 bridgehead atoms. The number of anilines is 1. The smallest absolute Gasteiger partial charge is 0.324 e. The Labute approximate surface area is 135 Å². The number of urea groups is 1. The maximum Gasteiger partial charge on any atom is 0.324 e. The van der Waals surface area contributed by atoms with E-state index in [1.807, 2.05) is 12.1 Å². The molecule has 120 valence electrons. The number of fused-ring (bicyclic) bond motifs is 4. The molecule has 0 saturated carbocycles. The summed E-state index contributed by atoms with van der Waals surface area (Å²) < 4.78 is 12.2. The van der Waals surface area contributed by atoms with Gasteiger partial charge in [0.1, 0.15) is 11.9 Å². The number of hydrogen-bond acceptors (Lipinski definition) is 6. The van der Waals surface area contributed by atoms with Gasteiger partial charge in [-0.2, -0.15) is 0 Å². The Balaban J connectivity index is 1.61. The number of carbonyl (C=O) groups is 1. The van der Waals surface area contributed by atoms with Crippen LogP contribution in [-0.4, -0.2) is 54.1 Å². The third-order valence-electron chi connectivity index (χ3n) is 4.72. The van der Waals surface area contributed by atoms with E-state index in [-0.39, 0.29) is 30.8 Å². The molecule has 3 aliphatic rings. The lowest BCUT2D eigenvalue weighted by atomic mass is 10.1. The third kappa shape index (κ3) is 1.82. The second-order valence-electron chi connectivity index (χ2n) is 5.95. The van der Waals surface area contributed by atoms with Crippen molar-refractivity contribution in [3.8, 4) is 5.75 Å². The summed E-state index contributed by atoms with van der Waals surface area (Å²) in [7, 11) is 0. The highest BCUT2D eigenvalue weighted by Crippen LogP contribution is 2.40. The number of aromatic nitrogens is 1. The van der Waals surface area contributed by atoms with Gasteiger partial charge in [-0.25, -0.2) is 9.78 Å². The van der Waals surface area contributed by atoms with Crippen molar-refractivity contribution in [2.75, 3.05) is 24.7 Å². The van der Waals surface area contributed by atoms with Crippen LogP contribution in [0.2, 0.25) is 0 Å². The molecule has 1 aromatic carbocycles. The van der Waals surface area contributed by atoms with Gasteiger partial charge in [0.2, 0.25) is 0 Å². The van der Waals surface area contributed by atoms with Crippen LogP contribution in [0.4, 0.5) is 9.93 Å². The van der Waals surface area contributed by atoms with Crippen molar-refractivity contribution in [3.05, 3.63) is 17.7 Å². The first-order valence-corrected chi connectivity index (χ1v) is 8.45. The predicted molar refractivity (Wildman–Crippen MR) is 84.2 cm³/mol. The normalized spacial score (nSPS) is 28.8. The standard InChI is InChI=1S/C15H15N3O4S/c19-5-10-13-8(6-22-10)16-14(20)18(13)15-17-12-7-3-4-21-9(7)1-2-11(12)23-15/h1-2,8,10,13,19H,3-6H2,(H,16,20)/t8-,10+,13-/m0/s1. The molecule has 3 atom stereocenters. The van der Waals surface area contributed by atoms with Gasteiger partial charge < -0.3 is 19.9 Å². The summed E-state index contributed by atoms with van der Waals surface area (Å²) >= 11 is 1.49. The lowest BCUT2D eigenvalue weighted by Crippen LogP contribution is -2.43. The van der Waals surface area contributed by atoms with Gasteiger partial charge in [0.05, 0.1) is 42.1 Å². The molecular formula is C15H15N3O4S. The highest BCUT2D eigenvalue weighted by molar-refractivity contribution is 7.22. The molecule has 2 N–H and O–H groups in total. The number of benzene rings is 1. The molecule has 2 aromatic rings. The Kier molecular flexibility index (Phi) is 2.82. The molecular weight excluding hydrogens is 318 g/mol. The van der Waals surface area contributed by atoms with E-state index in [0.29, 0.717) is 18.3 Å².